The number of pyridine rings is 1. The Morgan fingerprint density at radius 1 is 1.22 bits per heavy atom. The number of benzene rings is 1. The van der Waals surface area contributed by atoms with E-state index < -0.39 is 29.5 Å². The molecule has 1 aromatic heterocycles. The van der Waals surface area contributed by atoms with E-state index in [1.165, 1.54) is 10.1 Å². The summed E-state index contributed by atoms with van der Waals surface area (Å²) in [6.07, 6.45) is 7.54. The number of aliphatic carboxylic acids is 1. The van der Waals surface area contributed by atoms with Crippen molar-refractivity contribution in [3.63, 3.8) is 0 Å². The van der Waals surface area contributed by atoms with E-state index >= 15 is 0 Å². The topological polar surface area (TPSA) is 109 Å². The number of thioether (sulfide) groups is 1. The Morgan fingerprint density at radius 3 is 2.62 bits per heavy atom. The zero-order chi connectivity index (χ0) is 22.8. The minimum absolute atomic E-state index is 0.257. The molecule has 2 aliphatic rings. The van der Waals surface area contributed by atoms with E-state index in [-0.39, 0.29) is 12.3 Å². The molecule has 4 rings (SSSR count). The Balaban J connectivity index is 1.65. The Kier molecular flexibility index (Phi) is 6.23. The Bertz CT molecular complexity index is 1190. The van der Waals surface area contributed by atoms with Gasteiger partial charge in [0.1, 0.15) is 17.9 Å². The van der Waals surface area contributed by atoms with Crippen LogP contribution in [0.15, 0.2) is 47.3 Å². The first-order valence-electron chi connectivity index (χ1n) is 10.4. The molecule has 1 aliphatic carbocycles. The molecule has 1 aliphatic heterocycles. The van der Waals surface area contributed by atoms with Crippen molar-refractivity contribution in [3.8, 4) is 5.75 Å². The third-order valence-corrected chi connectivity index (χ3v) is 6.68. The van der Waals surface area contributed by atoms with Gasteiger partial charge >= 0.3 is 5.97 Å². The van der Waals surface area contributed by atoms with Crippen LogP contribution in [0, 0.1) is 5.92 Å². The van der Waals surface area contributed by atoms with Crippen molar-refractivity contribution in [2.45, 2.75) is 31.4 Å². The molecule has 0 radical (unpaired) electrons. The highest BCUT2D eigenvalue weighted by Gasteiger charge is 2.28. The first kappa shape index (κ1) is 22.0. The highest BCUT2D eigenvalue weighted by Crippen LogP contribution is 2.36. The Morgan fingerprint density at radius 2 is 1.97 bits per heavy atom. The molecule has 2 heterocycles. The number of carboxylic acid groups (broad SMARTS) is 1. The van der Waals surface area contributed by atoms with Crippen molar-refractivity contribution in [2.24, 2.45) is 5.92 Å². The lowest BCUT2D eigenvalue weighted by molar-refractivity contribution is -0.135. The fraction of sp³-hybridized carbons (Fsp3) is 0.292. The lowest BCUT2D eigenvalue weighted by Crippen LogP contribution is -2.37. The van der Waals surface area contributed by atoms with Crippen LogP contribution in [0.5, 0.6) is 5.75 Å². The minimum Gasteiger partial charge on any atom is -0.507 e. The predicted molar refractivity (Wildman–Crippen MR) is 124 cm³/mol. The van der Waals surface area contributed by atoms with Gasteiger partial charge in [-0.2, -0.15) is 11.8 Å². The monoisotopic (exact) mass is 452 g/mol. The number of aromatic nitrogens is 1. The lowest BCUT2D eigenvalue weighted by atomic mass is 9.94. The lowest BCUT2D eigenvalue weighted by Gasteiger charge is -2.17. The second-order valence-corrected chi connectivity index (χ2v) is 9.02. The normalized spacial score (nSPS) is 17.0. The summed E-state index contributed by atoms with van der Waals surface area (Å²) < 4.78 is 1.52. The number of fused-ring (bicyclic) bond motifs is 1. The molecule has 166 valence electrons. The van der Waals surface area contributed by atoms with Crippen molar-refractivity contribution >= 4 is 29.2 Å². The van der Waals surface area contributed by atoms with Crippen molar-refractivity contribution in [2.75, 3.05) is 6.54 Å². The van der Waals surface area contributed by atoms with Crippen LogP contribution in [-0.4, -0.2) is 33.2 Å². The maximum atomic E-state index is 13.2. The number of carbonyl (C=O) groups is 2. The van der Waals surface area contributed by atoms with Gasteiger partial charge in [-0.05, 0) is 29.0 Å². The van der Waals surface area contributed by atoms with Crippen LogP contribution in [0.2, 0.25) is 0 Å². The second-order valence-electron chi connectivity index (χ2n) is 8.04. The van der Waals surface area contributed by atoms with E-state index in [9.17, 15) is 19.5 Å². The number of hydrogen-bond acceptors (Lipinski definition) is 5. The van der Waals surface area contributed by atoms with Crippen molar-refractivity contribution in [3.05, 3.63) is 80.8 Å². The predicted octanol–water partition coefficient (Wildman–Crippen LogP) is 3.14. The van der Waals surface area contributed by atoms with Crippen LogP contribution >= 0.6 is 11.8 Å². The summed E-state index contributed by atoms with van der Waals surface area (Å²) >= 11 is 1.55. The van der Waals surface area contributed by atoms with Crippen molar-refractivity contribution in [1.29, 1.82) is 0 Å². The maximum Gasteiger partial charge on any atom is 0.322 e. The van der Waals surface area contributed by atoms with Crippen LogP contribution in [0.3, 0.4) is 0 Å². The molecule has 0 saturated carbocycles. The number of nitrogens with zero attached hydrogens (tertiary/aromatic N) is 1. The summed E-state index contributed by atoms with van der Waals surface area (Å²) in [6, 6.07) is 7.95. The van der Waals surface area contributed by atoms with Gasteiger partial charge < -0.3 is 20.1 Å². The average molecular weight is 453 g/mol. The number of hydrogen-bond donors (Lipinski definition) is 3. The third-order valence-electron chi connectivity index (χ3n) is 5.71. The molecule has 0 spiro atoms. The SMILES string of the molecule is CC1C=CC(c2ccc(Cn3c4c(c(O)c(C(=O)NCC(=O)O)c3=O)CSC4)cc2)=CC1. The van der Waals surface area contributed by atoms with Crippen molar-refractivity contribution in [1.82, 2.24) is 9.88 Å². The molecule has 1 atom stereocenters. The zero-order valence-corrected chi connectivity index (χ0v) is 18.4. The van der Waals surface area contributed by atoms with Crippen LogP contribution < -0.4 is 10.9 Å². The number of nitrogens with one attached hydrogen (secondary N) is 1. The minimum atomic E-state index is -1.23. The average Bonchev–Trinajstić information content (AvgIpc) is 3.26. The van der Waals surface area contributed by atoms with Crippen LogP contribution in [-0.2, 0) is 22.8 Å². The van der Waals surface area contributed by atoms with E-state index in [0.717, 1.165) is 17.5 Å². The smallest absolute Gasteiger partial charge is 0.322 e. The summed E-state index contributed by atoms with van der Waals surface area (Å²) in [6.45, 7) is 1.80. The molecule has 1 aromatic carbocycles. The molecule has 0 fully saturated rings. The molecule has 0 saturated heterocycles. The van der Waals surface area contributed by atoms with Gasteiger partial charge in [-0.1, -0.05) is 49.4 Å². The van der Waals surface area contributed by atoms with Crippen LogP contribution in [0.4, 0.5) is 0 Å². The third kappa shape index (κ3) is 4.36. The highest BCUT2D eigenvalue weighted by atomic mass is 32.2. The summed E-state index contributed by atoms with van der Waals surface area (Å²) in [5.74, 6) is -0.881. The molecule has 8 heteroatoms. The number of carboxylic acids is 1. The molecule has 2 aromatic rings. The number of carbonyl (C=O) groups excluding carboxylic acids is 1. The van der Waals surface area contributed by atoms with E-state index in [4.69, 9.17) is 5.11 Å². The quantitative estimate of drug-likeness (QED) is 0.621. The fourth-order valence-corrected chi connectivity index (χ4v) is 5.05. The number of amides is 1. The van der Waals surface area contributed by atoms with Gasteiger partial charge in [0, 0.05) is 22.8 Å². The van der Waals surface area contributed by atoms with Crippen molar-refractivity contribution < 1.29 is 19.8 Å². The van der Waals surface area contributed by atoms with Gasteiger partial charge in [0.15, 0.2) is 0 Å². The summed E-state index contributed by atoms with van der Waals surface area (Å²) in [5, 5.41) is 21.6. The first-order valence-corrected chi connectivity index (χ1v) is 11.5. The molecule has 1 unspecified atom stereocenters. The maximum absolute atomic E-state index is 13.2. The molecular weight excluding hydrogens is 428 g/mol. The first-order chi connectivity index (χ1) is 15.3. The van der Waals surface area contributed by atoms with E-state index in [1.807, 2.05) is 24.3 Å². The highest BCUT2D eigenvalue weighted by molar-refractivity contribution is 7.98. The molecule has 0 bridgehead atoms. The van der Waals surface area contributed by atoms with Gasteiger partial charge in [-0.3, -0.25) is 14.4 Å². The summed E-state index contributed by atoms with van der Waals surface area (Å²) in [4.78, 5) is 36.4. The Hall–Kier alpha value is -3.26. The summed E-state index contributed by atoms with van der Waals surface area (Å²) in [5.41, 5.74) is 3.39. The van der Waals surface area contributed by atoms with Gasteiger partial charge in [0.25, 0.3) is 11.5 Å². The standard InChI is InChI=1S/C24H24N2O5S/c1-14-2-6-16(7-3-14)17-8-4-15(5-9-17)11-26-19-13-32-12-18(19)22(29)21(24(26)31)23(30)25-10-20(27)28/h2,4-9,14,29H,3,10-13H2,1H3,(H,25,30)(H,27,28). The van der Waals surface area contributed by atoms with Gasteiger partial charge in [-0.25, -0.2) is 0 Å². The molecular formula is C24H24N2O5S. The van der Waals surface area contributed by atoms with Crippen LogP contribution in [0.1, 0.15) is 46.1 Å². The van der Waals surface area contributed by atoms with E-state index in [0.29, 0.717) is 28.7 Å². The number of rotatable bonds is 6. The molecule has 3 N–H and O–H groups in total. The van der Waals surface area contributed by atoms with Gasteiger partial charge in [-0.15, -0.1) is 0 Å². The second kappa shape index (κ2) is 9.08. The fourth-order valence-electron chi connectivity index (χ4n) is 3.92. The largest absolute Gasteiger partial charge is 0.507 e. The van der Waals surface area contributed by atoms with E-state index in [1.54, 1.807) is 11.8 Å². The number of aromatic hydroxyl groups is 1. The van der Waals surface area contributed by atoms with Gasteiger partial charge in [0.2, 0.25) is 0 Å². The Labute approximate surface area is 189 Å². The zero-order valence-electron chi connectivity index (χ0n) is 17.6. The van der Waals surface area contributed by atoms with Gasteiger partial charge in [0.05, 0.1) is 6.54 Å². The van der Waals surface area contributed by atoms with Crippen LogP contribution in [0.25, 0.3) is 5.57 Å². The molecule has 32 heavy (non-hydrogen) atoms. The number of allylic oxidation sites excluding steroid dienone is 4. The summed E-state index contributed by atoms with van der Waals surface area (Å²) in [7, 11) is 0. The molecule has 1 amide bonds. The molecule has 7 nitrogen and oxygen atoms in total. The van der Waals surface area contributed by atoms with E-state index in [2.05, 4.69) is 30.5 Å².